The molecule has 3 aromatic rings. The molecule has 1 heterocycles. The smallest absolute Gasteiger partial charge is 0.295 e. The molecule has 0 aliphatic carbocycles. The third-order valence-corrected chi connectivity index (χ3v) is 4.49. The summed E-state index contributed by atoms with van der Waals surface area (Å²) in [5.74, 6) is -0.708. The number of halogens is 1. The van der Waals surface area contributed by atoms with Crippen LogP contribution in [0, 0.1) is 6.92 Å². The van der Waals surface area contributed by atoms with Gasteiger partial charge < -0.3 is 10.4 Å². The fourth-order valence-corrected chi connectivity index (χ4v) is 2.94. The van der Waals surface area contributed by atoms with Crippen molar-refractivity contribution in [2.45, 2.75) is 6.92 Å². The van der Waals surface area contributed by atoms with E-state index in [4.69, 9.17) is 0 Å². The number of aromatic hydroxyl groups is 1. The van der Waals surface area contributed by atoms with Gasteiger partial charge in [0.2, 0.25) is 0 Å². The maximum absolute atomic E-state index is 12.8. The predicted octanol–water partition coefficient (Wildman–Crippen LogP) is 3.20. The number of carbonyl (C=O) groups is 1. The highest BCUT2D eigenvalue weighted by Crippen LogP contribution is 2.23. The van der Waals surface area contributed by atoms with E-state index in [0.29, 0.717) is 15.9 Å². The van der Waals surface area contributed by atoms with Crippen molar-refractivity contribution in [3.05, 3.63) is 74.6 Å². The third kappa shape index (κ3) is 3.10. The number of phenols is 1. The topological polar surface area (TPSA) is 76.3 Å². The zero-order valence-electron chi connectivity index (χ0n) is 13.7. The molecular weight excluding hydrogens is 386 g/mol. The van der Waals surface area contributed by atoms with E-state index in [2.05, 4.69) is 21.2 Å². The molecule has 2 aromatic carbocycles. The number of phenolic OH excluding ortho intramolecular Hbond substituents is 1. The monoisotopic (exact) mass is 401 g/mol. The van der Waals surface area contributed by atoms with Crippen LogP contribution < -0.4 is 10.9 Å². The minimum Gasteiger partial charge on any atom is -0.507 e. The Balaban J connectivity index is 2.02. The average Bonchev–Trinajstić information content (AvgIpc) is 2.79. The zero-order chi connectivity index (χ0) is 18.1. The minimum absolute atomic E-state index is 0.0946. The highest BCUT2D eigenvalue weighted by molar-refractivity contribution is 9.10. The summed E-state index contributed by atoms with van der Waals surface area (Å²) in [6.07, 6.45) is 0. The van der Waals surface area contributed by atoms with Crippen molar-refractivity contribution in [3.63, 3.8) is 0 Å². The first-order valence-electron chi connectivity index (χ1n) is 7.54. The standard InChI is InChI=1S/C18H16BrN3O3/c1-11-16(20-17(24)14-9-8-12(19)10-15(14)23)18(25)22(21(11)2)13-6-4-3-5-7-13/h3-10,23H,1-2H3,(H,20,24). The molecule has 3 rings (SSSR count). The summed E-state index contributed by atoms with van der Waals surface area (Å²) in [6.45, 7) is 1.75. The highest BCUT2D eigenvalue weighted by atomic mass is 79.9. The van der Waals surface area contributed by atoms with E-state index in [9.17, 15) is 14.7 Å². The van der Waals surface area contributed by atoms with Crippen LogP contribution >= 0.6 is 15.9 Å². The van der Waals surface area contributed by atoms with Gasteiger partial charge in [-0.2, -0.15) is 0 Å². The Hall–Kier alpha value is -2.80. The van der Waals surface area contributed by atoms with Gasteiger partial charge >= 0.3 is 0 Å². The summed E-state index contributed by atoms with van der Waals surface area (Å²) in [6, 6.07) is 13.7. The number of anilines is 1. The van der Waals surface area contributed by atoms with E-state index in [1.165, 1.54) is 16.8 Å². The molecule has 0 atom stereocenters. The van der Waals surface area contributed by atoms with Crippen LogP contribution in [0.3, 0.4) is 0 Å². The molecule has 0 bridgehead atoms. The Morgan fingerprint density at radius 3 is 2.48 bits per heavy atom. The van der Waals surface area contributed by atoms with Crippen molar-refractivity contribution < 1.29 is 9.90 Å². The Labute approximate surface area is 152 Å². The van der Waals surface area contributed by atoms with Crippen LogP contribution in [0.2, 0.25) is 0 Å². The van der Waals surface area contributed by atoms with Crippen LogP contribution in [0.15, 0.2) is 57.8 Å². The lowest BCUT2D eigenvalue weighted by atomic mass is 10.2. The quantitative estimate of drug-likeness (QED) is 0.707. The van der Waals surface area contributed by atoms with Gasteiger partial charge in [0.25, 0.3) is 11.5 Å². The summed E-state index contributed by atoms with van der Waals surface area (Å²) in [5.41, 5.74) is 1.25. The summed E-state index contributed by atoms with van der Waals surface area (Å²) in [7, 11) is 1.75. The number of rotatable bonds is 3. The van der Waals surface area contributed by atoms with E-state index in [1.807, 2.05) is 30.3 Å². The van der Waals surface area contributed by atoms with Gasteiger partial charge in [-0.1, -0.05) is 34.1 Å². The Morgan fingerprint density at radius 2 is 1.84 bits per heavy atom. The van der Waals surface area contributed by atoms with E-state index >= 15 is 0 Å². The fourth-order valence-electron chi connectivity index (χ4n) is 2.59. The summed E-state index contributed by atoms with van der Waals surface area (Å²) < 4.78 is 3.81. The van der Waals surface area contributed by atoms with Crippen LogP contribution in [-0.4, -0.2) is 20.4 Å². The van der Waals surface area contributed by atoms with Gasteiger partial charge in [0.1, 0.15) is 11.4 Å². The molecule has 0 spiro atoms. The van der Waals surface area contributed by atoms with Crippen LogP contribution in [0.5, 0.6) is 5.75 Å². The second-order valence-electron chi connectivity index (χ2n) is 5.55. The Morgan fingerprint density at radius 1 is 1.16 bits per heavy atom. The van der Waals surface area contributed by atoms with Gasteiger partial charge in [0.05, 0.1) is 16.9 Å². The average molecular weight is 402 g/mol. The van der Waals surface area contributed by atoms with E-state index < -0.39 is 5.91 Å². The Bertz CT molecular complexity index is 1010. The summed E-state index contributed by atoms with van der Waals surface area (Å²) in [4.78, 5) is 25.2. The molecule has 6 nitrogen and oxygen atoms in total. The molecule has 2 N–H and O–H groups in total. The van der Waals surface area contributed by atoms with Crippen molar-refractivity contribution in [3.8, 4) is 11.4 Å². The van der Waals surface area contributed by atoms with Crippen molar-refractivity contribution in [2.75, 3.05) is 5.32 Å². The van der Waals surface area contributed by atoms with E-state index in [0.717, 1.165) is 0 Å². The first-order chi connectivity index (χ1) is 11.9. The molecule has 7 heteroatoms. The predicted molar refractivity (Wildman–Crippen MR) is 99.5 cm³/mol. The van der Waals surface area contributed by atoms with Crippen LogP contribution in [0.1, 0.15) is 16.1 Å². The lowest BCUT2D eigenvalue weighted by molar-refractivity contribution is 0.102. The Kier molecular flexibility index (Phi) is 4.50. The van der Waals surface area contributed by atoms with Crippen LogP contribution in [-0.2, 0) is 7.05 Å². The second-order valence-corrected chi connectivity index (χ2v) is 6.47. The number of para-hydroxylation sites is 1. The van der Waals surface area contributed by atoms with Gasteiger partial charge in [0.15, 0.2) is 0 Å². The highest BCUT2D eigenvalue weighted by Gasteiger charge is 2.20. The first kappa shape index (κ1) is 17.0. The van der Waals surface area contributed by atoms with E-state index in [-0.39, 0.29) is 22.6 Å². The normalized spacial score (nSPS) is 10.7. The molecule has 1 amide bonds. The van der Waals surface area contributed by atoms with E-state index in [1.54, 1.807) is 24.7 Å². The first-order valence-corrected chi connectivity index (χ1v) is 8.33. The largest absolute Gasteiger partial charge is 0.507 e. The fraction of sp³-hybridized carbons (Fsp3) is 0.111. The van der Waals surface area contributed by atoms with Crippen molar-refractivity contribution in [1.29, 1.82) is 0 Å². The summed E-state index contributed by atoms with van der Waals surface area (Å²) in [5, 5.41) is 12.6. The third-order valence-electron chi connectivity index (χ3n) is 4.00. The van der Waals surface area contributed by atoms with Crippen LogP contribution in [0.4, 0.5) is 5.69 Å². The van der Waals surface area contributed by atoms with Crippen molar-refractivity contribution in [2.24, 2.45) is 7.05 Å². The molecule has 1 aromatic heterocycles. The molecule has 0 aliphatic rings. The lowest BCUT2D eigenvalue weighted by Crippen LogP contribution is -2.23. The molecule has 0 fully saturated rings. The van der Waals surface area contributed by atoms with Crippen molar-refractivity contribution >= 4 is 27.5 Å². The number of aromatic nitrogens is 2. The number of nitrogens with one attached hydrogen (secondary N) is 1. The number of carbonyl (C=O) groups excluding carboxylic acids is 1. The SMILES string of the molecule is Cc1c(NC(=O)c2ccc(Br)cc2O)c(=O)n(-c2ccccc2)n1C. The van der Waals surface area contributed by atoms with Gasteiger partial charge in [-0.15, -0.1) is 0 Å². The number of amides is 1. The number of nitrogens with zero attached hydrogens (tertiary/aromatic N) is 2. The lowest BCUT2D eigenvalue weighted by Gasteiger charge is -2.07. The molecule has 0 unspecified atom stereocenters. The molecule has 0 saturated carbocycles. The van der Waals surface area contributed by atoms with Gasteiger partial charge in [-0.25, -0.2) is 4.68 Å². The zero-order valence-corrected chi connectivity index (χ0v) is 15.2. The molecule has 0 radical (unpaired) electrons. The molecular formula is C18H16BrN3O3. The van der Waals surface area contributed by atoms with Crippen molar-refractivity contribution in [1.82, 2.24) is 9.36 Å². The summed E-state index contributed by atoms with van der Waals surface area (Å²) >= 11 is 3.23. The maximum Gasteiger partial charge on any atom is 0.295 e. The molecule has 0 aliphatic heterocycles. The molecule has 25 heavy (non-hydrogen) atoms. The second kappa shape index (κ2) is 6.60. The van der Waals surface area contributed by atoms with Gasteiger partial charge in [-0.3, -0.25) is 14.3 Å². The molecule has 128 valence electrons. The van der Waals surface area contributed by atoms with Gasteiger partial charge in [-0.05, 0) is 37.3 Å². The van der Waals surface area contributed by atoms with Gasteiger partial charge in [0, 0.05) is 11.5 Å². The number of hydrogen-bond donors (Lipinski definition) is 2. The number of benzene rings is 2. The molecule has 0 saturated heterocycles. The van der Waals surface area contributed by atoms with Crippen LogP contribution in [0.25, 0.3) is 5.69 Å². The maximum atomic E-state index is 12.8. The minimum atomic E-state index is -0.545. The number of hydrogen-bond acceptors (Lipinski definition) is 3.